The third-order valence-electron chi connectivity index (χ3n) is 2.85. The number of sulfonamides is 1. The number of hydrogen-bond acceptors (Lipinski definition) is 5. The van der Waals surface area contributed by atoms with Gasteiger partial charge >= 0.3 is 0 Å². The Bertz CT molecular complexity index is 704. The van der Waals surface area contributed by atoms with Gasteiger partial charge in [-0.15, -0.1) is 0 Å². The van der Waals surface area contributed by atoms with Crippen LogP contribution in [0.2, 0.25) is 0 Å². The molecule has 7 nitrogen and oxygen atoms in total. The van der Waals surface area contributed by atoms with Gasteiger partial charge in [-0.2, -0.15) is 5.10 Å². The number of aryl methyl sites for hydroxylation is 3. The quantitative estimate of drug-likeness (QED) is 0.830. The van der Waals surface area contributed by atoms with Crippen molar-refractivity contribution in [3.05, 3.63) is 35.8 Å². The summed E-state index contributed by atoms with van der Waals surface area (Å²) in [5.74, 6) is 0.308. The van der Waals surface area contributed by atoms with Gasteiger partial charge in [0.25, 0.3) is 10.0 Å². The highest BCUT2D eigenvalue weighted by molar-refractivity contribution is 7.92. The molecule has 0 aromatic carbocycles. The molecule has 0 unspecified atom stereocenters. The predicted molar refractivity (Wildman–Crippen MR) is 80.4 cm³/mol. The molecule has 0 radical (unpaired) electrons. The van der Waals surface area contributed by atoms with Crippen molar-refractivity contribution in [3.63, 3.8) is 0 Å². The van der Waals surface area contributed by atoms with Crippen LogP contribution in [0.1, 0.15) is 17.7 Å². The summed E-state index contributed by atoms with van der Waals surface area (Å²) >= 11 is 0. The molecule has 0 amide bonds. The zero-order valence-electron chi connectivity index (χ0n) is 12.1. The molecule has 0 bridgehead atoms. The molecular weight excluding hydrogens is 290 g/mol. The lowest BCUT2D eigenvalue weighted by Gasteiger charge is -2.07. The standard InChI is InChI=1S/C13H19N5O2S/c1-10-6-11(2)16-13(7-10)17-21(19,20)12-8-15-18(9-12)5-3-4-14/h6-9H,3-5,14H2,1-2H3,(H,16,17). The van der Waals surface area contributed by atoms with E-state index in [4.69, 9.17) is 5.73 Å². The molecule has 0 aliphatic heterocycles. The molecule has 21 heavy (non-hydrogen) atoms. The smallest absolute Gasteiger partial charge is 0.266 e. The van der Waals surface area contributed by atoms with Gasteiger partial charge < -0.3 is 5.73 Å². The van der Waals surface area contributed by atoms with E-state index < -0.39 is 10.0 Å². The maximum Gasteiger partial charge on any atom is 0.266 e. The van der Waals surface area contributed by atoms with Gasteiger partial charge in [0.15, 0.2) is 0 Å². The summed E-state index contributed by atoms with van der Waals surface area (Å²) in [6.07, 6.45) is 3.55. The molecule has 0 atom stereocenters. The lowest BCUT2D eigenvalue weighted by atomic mass is 10.2. The Morgan fingerprint density at radius 1 is 1.33 bits per heavy atom. The van der Waals surface area contributed by atoms with Crippen LogP contribution in [0.3, 0.4) is 0 Å². The van der Waals surface area contributed by atoms with E-state index in [-0.39, 0.29) is 4.90 Å². The first-order valence-corrected chi connectivity index (χ1v) is 8.09. The van der Waals surface area contributed by atoms with Gasteiger partial charge in [0.1, 0.15) is 10.7 Å². The van der Waals surface area contributed by atoms with Gasteiger partial charge in [-0.1, -0.05) is 0 Å². The van der Waals surface area contributed by atoms with E-state index in [0.717, 1.165) is 17.7 Å². The minimum atomic E-state index is -3.68. The summed E-state index contributed by atoms with van der Waals surface area (Å²) in [7, 11) is -3.68. The maximum atomic E-state index is 12.3. The Morgan fingerprint density at radius 2 is 2.10 bits per heavy atom. The van der Waals surface area contributed by atoms with Crippen LogP contribution >= 0.6 is 0 Å². The second kappa shape index (κ2) is 6.23. The summed E-state index contributed by atoms with van der Waals surface area (Å²) in [4.78, 5) is 4.28. The molecule has 0 saturated heterocycles. The maximum absolute atomic E-state index is 12.3. The molecule has 0 aliphatic rings. The van der Waals surface area contributed by atoms with Gasteiger partial charge in [0, 0.05) is 18.4 Å². The lowest BCUT2D eigenvalue weighted by Crippen LogP contribution is -2.14. The van der Waals surface area contributed by atoms with E-state index in [2.05, 4.69) is 14.8 Å². The molecule has 0 spiro atoms. The fourth-order valence-electron chi connectivity index (χ4n) is 1.95. The van der Waals surface area contributed by atoms with Gasteiger partial charge in [0.2, 0.25) is 0 Å². The molecule has 0 fully saturated rings. The van der Waals surface area contributed by atoms with E-state index >= 15 is 0 Å². The van der Waals surface area contributed by atoms with Crippen LogP contribution in [0.4, 0.5) is 5.82 Å². The molecule has 114 valence electrons. The number of anilines is 1. The highest BCUT2D eigenvalue weighted by Crippen LogP contribution is 2.15. The summed E-state index contributed by atoms with van der Waals surface area (Å²) in [6, 6.07) is 3.56. The fourth-order valence-corrected chi connectivity index (χ4v) is 2.89. The van der Waals surface area contributed by atoms with Crippen molar-refractivity contribution < 1.29 is 8.42 Å². The normalized spacial score (nSPS) is 11.6. The largest absolute Gasteiger partial charge is 0.330 e. The van der Waals surface area contributed by atoms with Crippen LogP contribution < -0.4 is 10.5 Å². The first-order valence-electron chi connectivity index (χ1n) is 6.61. The van der Waals surface area contributed by atoms with Crippen molar-refractivity contribution in [2.75, 3.05) is 11.3 Å². The highest BCUT2D eigenvalue weighted by Gasteiger charge is 2.17. The molecule has 3 N–H and O–H groups in total. The second-order valence-corrected chi connectivity index (χ2v) is 6.54. The van der Waals surface area contributed by atoms with Crippen LogP contribution in [0.25, 0.3) is 0 Å². The van der Waals surface area contributed by atoms with E-state index in [1.807, 2.05) is 19.9 Å². The summed E-state index contributed by atoms with van der Waals surface area (Å²) in [5.41, 5.74) is 7.12. The molecule has 2 aromatic heterocycles. The molecule has 0 aliphatic carbocycles. The van der Waals surface area contributed by atoms with Crippen molar-refractivity contribution in [2.45, 2.75) is 31.7 Å². The highest BCUT2D eigenvalue weighted by atomic mass is 32.2. The summed E-state index contributed by atoms with van der Waals surface area (Å²) in [5, 5.41) is 4.02. The SMILES string of the molecule is Cc1cc(C)nc(NS(=O)(=O)c2cnn(CCCN)c2)c1. The zero-order valence-corrected chi connectivity index (χ0v) is 12.9. The average Bonchev–Trinajstić information content (AvgIpc) is 2.84. The minimum Gasteiger partial charge on any atom is -0.330 e. The third kappa shape index (κ3) is 4.02. The fraction of sp³-hybridized carbons (Fsp3) is 0.385. The van der Waals surface area contributed by atoms with Crippen LogP contribution in [-0.2, 0) is 16.6 Å². The monoisotopic (exact) mass is 309 g/mol. The Balaban J connectivity index is 2.19. The van der Waals surface area contributed by atoms with Gasteiger partial charge in [-0.25, -0.2) is 13.4 Å². The number of rotatable bonds is 6. The average molecular weight is 309 g/mol. The van der Waals surface area contributed by atoms with Crippen LogP contribution in [-0.4, -0.2) is 29.7 Å². The van der Waals surface area contributed by atoms with E-state index in [1.54, 1.807) is 10.7 Å². The molecule has 2 heterocycles. The first kappa shape index (κ1) is 15.5. The van der Waals surface area contributed by atoms with Gasteiger partial charge in [-0.3, -0.25) is 9.40 Å². The van der Waals surface area contributed by atoms with E-state index in [9.17, 15) is 8.42 Å². The van der Waals surface area contributed by atoms with Crippen molar-refractivity contribution in [1.82, 2.24) is 14.8 Å². The number of aromatic nitrogens is 3. The number of nitrogens with zero attached hydrogens (tertiary/aromatic N) is 3. The second-order valence-electron chi connectivity index (χ2n) is 4.86. The third-order valence-corrected chi connectivity index (χ3v) is 4.16. The first-order chi connectivity index (χ1) is 9.90. The Morgan fingerprint density at radius 3 is 2.76 bits per heavy atom. The van der Waals surface area contributed by atoms with E-state index in [0.29, 0.717) is 18.9 Å². The topological polar surface area (TPSA) is 103 Å². The summed E-state index contributed by atoms with van der Waals surface area (Å²) < 4.78 is 28.6. The van der Waals surface area contributed by atoms with Crippen molar-refractivity contribution in [3.8, 4) is 0 Å². The van der Waals surface area contributed by atoms with Crippen LogP contribution in [0.5, 0.6) is 0 Å². The lowest BCUT2D eigenvalue weighted by molar-refractivity contribution is 0.582. The summed E-state index contributed by atoms with van der Waals surface area (Å²) in [6.45, 7) is 4.83. The van der Waals surface area contributed by atoms with Crippen LogP contribution in [0, 0.1) is 13.8 Å². The van der Waals surface area contributed by atoms with Crippen molar-refractivity contribution >= 4 is 15.8 Å². The van der Waals surface area contributed by atoms with Gasteiger partial charge in [-0.05, 0) is 44.5 Å². The minimum absolute atomic E-state index is 0.112. The Labute approximate surface area is 124 Å². The number of nitrogens with one attached hydrogen (secondary N) is 1. The molecule has 8 heteroatoms. The molecule has 0 saturated carbocycles. The zero-order chi connectivity index (χ0) is 15.5. The predicted octanol–water partition coefficient (Wildman–Crippen LogP) is 1.04. The van der Waals surface area contributed by atoms with E-state index in [1.165, 1.54) is 12.4 Å². The Kier molecular flexibility index (Phi) is 4.59. The number of nitrogens with two attached hydrogens (primary N) is 1. The Hall–Kier alpha value is -1.93. The molecule has 2 rings (SSSR count). The number of hydrogen-bond donors (Lipinski definition) is 2. The van der Waals surface area contributed by atoms with Crippen molar-refractivity contribution in [2.24, 2.45) is 5.73 Å². The number of pyridine rings is 1. The van der Waals surface area contributed by atoms with Crippen LogP contribution in [0.15, 0.2) is 29.4 Å². The molecular formula is C13H19N5O2S. The van der Waals surface area contributed by atoms with Crippen molar-refractivity contribution in [1.29, 1.82) is 0 Å². The molecule has 2 aromatic rings. The van der Waals surface area contributed by atoms with Gasteiger partial charge in [0.05, 0.1) is 6.20 Å².